The lowest BCUT2D eigenvalue weighted by molar-refractivity contribution is 0.104. The molecule has 1 aromatic rings. The van der Waals surface area contributed by atoms with Crippen molar-refractivity contribution in [3.63, 3.8) is 0 Å². The second-order valence-corrected chi connectivity index (χ2v) is 7.12. The van der Waals surface area contributed by atoms with Gasteiger partial charge in [0.05, 0.1) is 6.61 Å². The minimum Gasteiger partial charge on any atom is -0.394 e. The molecule has 1 saturated carbocycles. The number of rotatable bonds is 4. The van der Waals surface area contributed by atoms with E-state index in [-0.39, 0.29) is 12.1 Å². The summed E-state index contributed by atoms with van der Waals surface area (Å²) in [5, 5.41) is 15.3. The summed E-state index contributed by atoms with van der Waals surface area (Å²) < 4.78 is 1.15. The predicted octanol–water partition coefficient (Wildman–Crippen LogP) is 3.54. The molecular formula is C13H20BrNOS. The number of halogens is 1. The first-order valence-corrected chi connectivity index (χ1v) is 7.90. The van der Waals surface area contributed by atoms with E-state index < -0.39 is 0 Å². The number of aliphatic hydroxyl groups excluding tert-OH is 1. The number of nitrogens with one attached hydrogen (secondary N) is 1. The Hall–Kier alpha value is 0.1000. The highest BCUT2D eigenvalue weighted by molar-refractivity contribution is 9.10. The van der Waals surface area contributed by atoms with Gasteiger partial charge < -0.3 is 10.4 Å². The van der Waals surface area contributed by atoms with Crippen LogP contribution in [0.2, 0.25) is 0 Å². The van der Waals surface area contributed by atoms with Gasteiger partial charge in [0.2, 0.25) is 0 Å². The van der Waals surface area contributed by atoms with Crippen LogP contribution < -0.4 is 5.32 Å². The third-order valence-corrected chi connectivity index (χ3v) is 5.49. The van der Waals surface area contributed by atoms with Gasteiger partial charge in [0.1, 0.15) is 0 Å². The monoisotopic (exact) mass is 317 g/mol. The lowest BCUT2D eigenvalue weighted by Gasteiger charge is -2.39. The topological polar surface area (TPSA) is 32.3 Å². The molecule has 17 heavy (non-hydrogen) atoms. The maximum absolute atomic E-state index is 9.64. The van der Waals surface area contributed by atoms with Gasteiger partial charge >= 0.3 is 0 Å². The molecular weight excluding hydrogens is 298 g/mol. The Balaban J connectivity index is 1.91. The molecule has 0 bridgehead atoms. The van der Waals surface area contributed by atoms with E-state index in [9.17, 15) is 5.11 Å². The molecule has 0 amide bonds. The average molecular weight is 318 g/mol. The molecule has 1 fully saturated rings. The lowest BCUT2D eigenvalue weighted by atomic mass is 9.77. The Morgan fingerprint density at radius 2 is 2.24 bits per heavy atom. The normalized spacial score (nSPS) is 29.5. The van der Waals surface area contributed by atoms with Crippen LogP contribution in [0.1, 0.15) is 37.5 Å². The molecule has 2 rings (SSSR count). The van der Waals surface area contributed by atoms with Crippen molar-refractivity contribution < 1.29 is 5.11 Å². The molecule has 0 aliphatic heterocycles. The first-order chi connectivity index (χ1) is 8.13. The first-order valence-electron chi connectivity index (χ1n) is 6.22. The van der Waals surface area contributed by atoms with Crippen LogP contribution in [0.5, 0.6) is 0 Å². The molecule has 4 heteroatoms. The van der Waals surface area contributed by atoms with Crippen molar-refractivity contribution in [1.82, 2.24) is 5.32 Å². The van der Waals surface area contributed by atoms with E-state index in [1.165, 1.54) is 17.7 Å². The zero-order valence-electron chi connectivity index (χ0n) is 10.2. The van der Waals surface area contributed by atoms with E-state index in [0.29, 0.717) is 0 Å². The highest BCUT2D eigenvalue weighted by Crippen LogP contribution is 2.32. The third-order valence-electron chi connectivity index (χ3n) is 3.79. The summed E-state index contributed by atoms with van der Waals surface area (Å²) in [5.41, 5.74) is -0.0387. The molecule has 1 aliphatic rings. The second-order valence-electron chi connectivity index (χ2n) is 5.21. The van der Waals surface area contributed by atoms with E-state index in [1.807, 2.05) is 0 Å². The summed E-state index contributed by atoms with van der Waals surface area (Å²) in [6, 6.07) is 2.15. The summed E-state index contributed by atoms with van der Waals surface area (Å²) in [5.74, 6) is 0.812. The summed E-state index contributed by atoms with van der Waals surface area (Å²) in [7, 11) is 0. The van der Waals surface area contributed by atoms with Crippen LogP contribution in [0.3, 0.4) is 0 Å². The Bertz CT molecular complexity index is 358. The summed E-state index contributed by atoms with van der Waals surface area (Å²) >= 11 is 5.23. The zero-order valence-corrected chi connectivity index (χ0v) is 12.6. The van der Waals surface area contributed by atoms with Crippen LogP contribution in [0, 0.1) is 5.92 Å². The Morgan fingerprint density at radius 1 is 1.53 bits per heavy atom. The number of hydrogen-bond acceptors (Lipinski definition) is 3. The fourth-order valence-electron chi connectivity index (χ4n) is 2.43. The van der Waals surface area contributed by atoms with Gasteiger partial charge in [-0.25, -0.2) is 0 Å². The van der Waals surface area contributed by atoms with Crippen LogP contribution in [-0.4, -0.2) is 17.3 Å². The molecule has 0 spiro atoms. The van der Waals surface area contributed by atoms with Crippen LogP contribution in [-0.2, 0) is 6.54 Å². The van der Waals surface area contributed by atoms with Crippen molar-refractivity contribution in [2.45, 2.75) is 44.7 Å². The van der Waals surface area contributed by atoms with Crippen molar-refractivity contribution >= 4 is 27.3 Å². The molecule has 1 heterocycles. The van der Waals surface area contributed by atoms with E-state index in [4.69, 9.17) is 0 Å². The summed E-state index contributed by atoms with van der Waals surface area (Å²) in [6.45, 7) is 3.43. The van der Waals surface area contributed by atoms with Gasteiger partial charge in [-0.15, -0.1) is 11.3 Å². The van der Waals surface area contributed by atoms with Gasteiger partial charge in [-0.3, -0.25) is 0 Å². The van der Waals surface area contributed by atoms with Gasteiger partial charge in [-0.1, -0.05) is 6.92 Å². The highest BCUT2D eigenvalue weighted by Gasteiger charge is 2.32. The largest absolute Gasteiger partial charge is 0.394 e. The van der Waals surface area contributed by atoms with Gasteiger partial charge in [-0.2, -0.15) is 0 Å². The highest BCUT2D eigenvalue weighted by atomic mass is 79.9. The van der Waals surface area contributed by atoms with Crippen molar-refractivity contribution in [3.05, 3.63) is 20.8 Å². The Kier molecular flexibility index (Phi) is 4.64. The van der Waals surface area contributed by atoms with Crippen molar-refractivity contribution in [2.24, 2.45) is 5.92 Å². The Labute approximate surface area is 116 Å². The Morgan fingerprint density at radius 3 is 2.76 bits per heavy atom. The zero-order chi connectivity index (χ0) is 12.3. The van der Waals surface area contributed by atoms with E-state index >= 15 is 0 Å². The first kappa shape index (κ1) is 13.5. The van der Waals surface area contributed by atoms with Gasteiger partial charge in [0.25, 0.3) is 0 Å². The SMILES string of the molecule is CC1CCC(CO)(NCc2cc(Br)cs2)CC1. The molecule has 2 nitrogen and oxygen atoms in total. The van der Waals surface area contributed by atoms with E-state index in [2.05, 4.69) is 39.6 Å². The number of hydrogen-bond donors (Lipinski definition) is 2. The lowest BCUT2D eigenvalue weighted by Crippen LogP contribution is -2.50. The standard InChI is InChI=1S/C13H20BrNOS/c1-10-2-4-13(9-16,5-3-10)15-7-12-6-11(14)8-17-12/h6,8,10,15-16H,2-5,7,9H2,1H3. The number of aliphatic hydroxyl groups is 1. The van der Waals surface area contributed by atoms with Gasteiger partial charge in [-0.05, 0) is 53.6 Å². The molecule has 96 valence electrons. The summed E-state index contributed by atoms with van der Waals surface area (Å²) in [4.78, 5) is 1.32. The van der Waals surface area contributed by atoms with Gasteiger partial charge in [0.15, 0.2) is 0 Å². The molecule has 0 radical (unpaired) electrons. The molecule has 0 aromatic carbocycles. The van der Waals surface area contributed by atoms with Crippen molar-refractivity contribution in [2.75, 3.05) is 6.61 Å². The average Bonchev–Trinajstić information content (AvgIpc) is 2.75. The van der Waals surface area contributed by atoms with Crippen LogP contribution in [0.25, 0.3) is 0 Å². The van der Waals surface area contributed by atoms with E-state index in [1.54, 1.807) is 11.3 Å². The van der Waals surface area contributed by atoms with Crippen LogP contribution >= 0.6 is 27.3 Å². The fourth-order valence-corrected chi connectivity index (χ4v) is 3.82. The molecule has 1 aromatic heterocycles. The number of thiophene rings is 1. The maximum Gasteiger partial charge on any atom is 0.0613 e. The van der Waals surface area contributed by atoms with Crippen LogP contribution in [0.4, 0.5) is 0 Å². The van der Waals surface area contributed by atoms with Crippen LogP contribution in [0.15, 0.2) is 15.9 Å². The van der Waals surface area contributed by atoms with Crippen molar-refractivity contribution in [1.29, 1.82) is 0 Å². The smallest absolute Gasteiger partial charge is 0.0613 e. The van der Waals surface area contributed by atoms with Crippen molar-refractivity contribution in [3.8, 4) is 0 Å². The van der Waals surface area contributed by atoms with Gasteiger partial charge in [0, 0.05) is 26.8 Å². The van der Waals surface area contributed by atoms with E-state index in [0.717, 1.165) is 29.8 Å². The molecule has 0 unspecified atom stereocenters. The second kappa shape index (κ2) is 5.83. The third kappa shape index (κ3) is 3.53. The minimum absolute atomic E-state index is 0.0387. The minimum atomic E-state index is -0.0387. The quantitative estimate of drug-likeness (QED) is 0.890. The fraction of sp³-hybridized carbons (Fsp3) is 0.692. The molecule has 0 saturated heterocycles. The maximum atomic E-state index is 9.64. The predicted molar refractivity (Wildman–Crippen MR) is 76.3 cm³/mol. The molecule has 2 N–H and O–H groups in total. The molecule has 0 atom stereocenters. The summed E-state index contributed by atoms with van der Waals surface area (Å²) in [6.07, 6.45) is 4.64. The molecule has 1 aliphatic carbocycles.